The van der Waals surface area contributed by atoms with Crippen molar-refractivity contribution in [3.05, 3.63) is 66.5 Å². The van der Waals surface area contributed by atoms with Crippen LogP contribution in [0.4, 0.5) is 5.82 Å². The van der Waals surface area contributed by atoms with Gasteiger partial charge in [0.1, 0.15) is 17.1 Å². The van der Waals surface area contributed by atoms with Crippen molar-refractivity contribution in [2.45, 2.75) is 42.7 Å². The minimum atomic E-state index is -4.22. The molecule has 9 nitrogen and oxygen atoms in total. The molecular weight excluding hydrogens is 478 g/mol. The highest BCUT2D eigenvalue weighted by Gasteiger charge is 2.40. The first-order chi connectivity index (χ1) is 17.1. The molecule has 1 aliphatic heterocycles. The van der Waals surface area contributed by atoms with E-state index in [1.165, 1.54) is 18.3 Å². The Kier molecular flexibility index (Phi) is 5.71. The van der Waals surface area contributed by atoms with Gasteiger partial charge in [-0.05, 0) is 62.6 Å². The smallest absolute Gasteiger partial charge is 0.253 e. The van der Waals surface area contributed by atoms with E-state index in [2.05, 4.69) is 21.9 Å². The lowest BCUT2D eigenvalue weighted by molar-refractivity contribution is 0.0997. The molecule has 0 saturated carbocycles. The molecule has 0 spiro atoms. The van der Waals surface area contributed by atoms with Crippen LogP contribution in [0.15, 0.2) is 70.8 Å². The van der Waals surface area contributed by atoms with E-state index in [1.54, 1.807) is 18.2 Å². The zero-order valence-electron chi connectivity index (χ0n) is 20.2. The number of nitrogens with one attached hydrogen (secondary N) is 1. The topological polar surface area (TPSA) is 131 Å². The standard InChI is InChI=1S/C26H27N5O4S/c1-16-14-26(2,3)31(15-16)25-23(24(27)32)20(10-12-29-25)36(33,34)22-6-4-5-21(30-22)35-18-7-8-19-17(13-18)9-11-28-19/h4-13,16,28H,14-15H2,1-3H3,(H2,27,32). The summed E-state index contributed by atoms with van der Waals surface area (Å²) in [6.07, 6.45) is 4.09. The second-order valence-corrected chi connectivity index (χ2v) is 11.6. The molecule has 1 aliphatic rings. The summed E-state index contributed by atoms with van der Waals surface area (Å²) in [5, 5.41) is 0.697. The number of benzene rings is 1. The molecular formula is C26H27N5O4S. The van der Waals surface area contributed by atoms with Crippen molar-refractivity contribution >= 4 is 32.5 Å². The van der Waals surface area contributed by atoms with E-state index >= 15 is 0 Å². The molecule has 3 aromatic heterocycles. The maximum Gasteiger partial charge on any atom is 0.253 e. The number of aromatic nitrogens is 3. The molecule has 1 saturated heterocycles. The summed E-state index contributed by atoms with van der Waals surface area (Å²) >= 11 is 0. The summed E-state index contributed by atoms with van der Waals surface area (Å²) in [5.41, 5.74) is 6.24. The van der Waals surface area contributed by atoms with Crippen LogP contribution < -0.4 is 15.4 Å². The first-order valence-electron chi connectivity index (χ1n) is 11.6. The highest BCUT2D eigenvalue weighted by molar-refractivity contribution is 7.91. The van der Waals surface area contributed by atoms with Gasteiger partial charge < -0.3 is 20.4 Å². The molecule has 3 N–H and O–H groups in total. The number of carbonyl (C=O) groups is 1. The van der Waals surface area contributed by atoms with Crippen molar-refractivity contribution in [1.82, 2.24) is 15.0 Å². The van der Waals surface area contributed by atoms with Gasteiger partial charge in [0.25, 0.3) is 5.91 Å². The van der Waals surface area contributed by atoms with Gasteiger partial charge in [-0.3, -0.25) is 4.79 Å². The van der Waals surface area contributed by atoms with Crippen LogP contribution in [0, 0.1) is 5.92 Å². The number of hydrogen-bond acceptors (Lipinski definition) is 7. The van der Waals surface area contributed by atoms with E-state index in [0.717, 1.165) is 17.3 Å². The number of hydrogen-bond donors (Lipinski definition) is 2. The molecule has 1 fully saturated rings. The Bertz CT molecular complexity index is 1580. The zero-order chi connectivity index (χ0) is 25.7. The maximum atomic E-state index is 13.7. The molecule has 0 aliphatic carbocycles. The quantitative estimate of drug-likeness (QED) is 0.399. The van der Waals surface area contributed by atoms with Gasteiger partial charge in [-0.15, -0.1) is 0 Å². The number of amides is 1. The minimum absolute atomic E-state index is 0.107. The molecule has 4 aromatic rings. The first-order valence-corrected chi connectivity index (χ1v) is 13.1. The molecule has 1 aromatic carbocycles. The van der Waals surface area contributed by atoms with Gasteiger partial charge in [-0.2, -0.15) is 0 Å². The van der Waals surface area contributed by atoms with Gasteiger partial charge >= 0.3 is 0 Å². The lowest BCUT2D eigenvalue weighted by atomic mass is 9.97. The Morgan fingerprint density at radius 3 is 2.72 bits per heavy atom. The fourth-order valence-corrected chi connectivity index (χ4v) is 6.38. The normalized spacial score (nSPS) is 17.4. The SMILES string of the molecule is CC1CN(c2nccc(S(=O)(=O)c3cccc(Oc4ccc5[nH]ccc5c4)n3)c2C(N)=O)C(C)(C)C1. The van der Waals surface area contributed by atoms with Crippen LogP contribution in [0.3, 0.4) is 0 Å². The summed E-state index contributed by atoms with van der Waals surface area (Å²) in [6, 6.07) is 13.1. The highest BCUT2D eigenvalue weighted by atomic mass is 32.2. The largest absolute Gasteiger partial charge is 0.439 e. The molecule has 4 heterocycles. The van der Waals surface area contributed by atoms with E-state index in [-0.39, 0.29) is 32.7 Å². The molecule has 10 heteroatoms. The molecule has 5 rings (SSSR count). The Hall–Kier alpha value is -3.92. The Balaban J connectivity index is 1.54. The number of pyridine rings is 2. The third-order valence-corrected chi connectivity index (χ3v) is 8.18. The molecule has 0 bridgehead atoms. The number of primary amides is 1. The number of ether oxygens (including phenoxy) is 1. The third kappa shape index (κ3) is 4.17. The van der Waals surface area contributed by atoms with Crippen molar-refractivity contribution in [2.24, 2.45) is 11.7 Å². The van der Waals surface area contributed by atoms with E-state index in [0.29, 0.717) is 18.2 Å². The van der Waals surface area contributed by atoms with Crippen molar-refractivity contribution in [1.29, 1.82) is 0 Å². The molecule has 0 radical (unpaired) electrons. The second-order valence-electron chi connectivity index (χ2n) is 9.75. The second kappa shape index (κ2) is 8.63. The number of carbonyl (C=O) groups excluding carboxylic acids is 1. The maximum absolute atomic E-state index is 13.7. The van der Waals surface area contributed by atoms with Crippen LogP contribution in [-0.4, -0.2) is 41.4 Å². The van der Waals surface area contributed by atoms with Crippen LogP contribution in [-0.2, 0) is 9.84 Å². The predicted molar refractivity (Wildman–Crippen MR) is 136 cm³/mol. The van der Waals surface area contributed by atoms with Gasteiger partial charge in [-0.25, -0.2) is 18.4 Å². The number of nitrogens with zero attached hydrogens (tertiary/aromatic N) is 3. The number of rotatable bonds is 6. The Morgan fingerprint density at radius 2 is 2.00 bits per heavy atom. The lowest BCUT2D eigenvalue weighted by Crippen LogP contribution is -2.40. The molecule has 1 unspecified atom stereocenters. The van der Waals surface area contributed by atoms with Crippen LogP contribution in [0.1, 0.15) is 37.6 Å². The Morgan fingerprint density at radius 1 is 1.19 bits per heavy atom. The van der Waals surface area contributed by atoms with Gasteiger partial charge in [-0.1, -0.05) is 13.0 Å². The highest BCUT2D eigenvalue weighted by Crippen LogP contribution is 2.39. The number of sulfone groups is 1. The average Bonchev–Trinajstić information content (AvgIpc) is 3.40. The third-order valence-electron chi connectivity index (χ3n) is 6.48. The van der Waals surface area contributed by atoms with Gasteiger partial charge in [0, 0.05) is 41.4 Å². The predicted octanol–water partition coefficient (Wildman–Crippen LogP) is 4.31. The van der Waals surface area contributed by atoms with Crippen molar-refractivity contribution in [3.8, 4) is 11.6 Å². The van der Waals surface area contributed by atoms with Gasteiger partial charge in [0.05, 0.1) is 4.90 Å². The van der Waals surface area contributed by atoms with Gasteiger partial charge in [0.2, 0.25) is 15.7 Å². The van der Waals surface area contributed by atoms with Crippen molar-refractivity contribution < 1.29 is 17.9 Å². The first kappa shape index (κ1) is 23.8. The summed E-state index contributed by atoms with van der Waals surface area (Å²) in [7, 11) is -4.22. The van der Waals surface area contributed by atoms with E-state index < -0.39 is 15.7 Å². The summed E-state index contributed by atoms with van der Waals surface area (Å²) in [6.45, 7) is 6.82. The van der Waals surface area contributed by atoms with Crippen LogP contribution >= 0.6 is 0 Å². The fourth-order valence-electron chi connectivity index (χ4n) is 4.98. The number of aromatic amines is 1. The van der Waals surface area contributed by atoms with Crippen molar-refractivity contribution in [3.63, 3.8) is 0 Å². The van der Waals surface area contributed by atoms with Crippen molar-refractivity contribution in [2.75, 3.05) is 11.4 Å². The lowest BCUT2D eigenvalue weighted by Gasteiger charge is -2.33. The zero-order valence-corrected chi connectivity index (χ0v) is 21.0. The minimum Gasteiger partial charge on any atom is -0.439 e. The summed E-state index contributed by atoms with van der Waals surface area (Å²) in [4.78, 5) is 26.1. The van der Waals surface area contributed by atoms with Crippen LogP contribution in [0.2, 0.25) is 0 Å². The van der Waals surface area contributed by atoms with E-state index in [4.69, 9.17) is 10.5 Å². The number of fused-ring (bicyclic) bond motifs is 1. The summed E-state index contributed by atoms with van der Waals surface area (Å²) < 4.78 is 33.3. The number of nitrogens with two attached hydrogens (primary N) is 1. The number of anilines is 1. The molecule has 186 valence electrons. The monoisotopic (exact) mass is 505 g/mol. The average molecular weight is 506 g/mol. The fraction of sp³-hybridized carbons (Fsp3) is 0.269. The summed E-state index contributed by atoms with van der Waals surface area (Å²) in [5.74, 6) is 0.377. The van der Waals surface area contributed by atoms with Gasteiger partial charge in [0.15, 0.2) is 5.03 Å². The Labute approximate surface area is 209 Å². The van der Waals surface area contributed by atoms with Crippen LogP contribution in [0.5, 0.6) is 11.6 Å². The molecule has 36 heavy (non-hydrogen) atoms. The van der Waals surface area contributed by atoms with E-state index in [1.807, 2.05) is 43.1 Å². The van der Waals surface area contributed by atoms with E-state index in [9.17, 15) is 13.2 Å². The van der Waals surface area contributed by atoms with Crippen LogP contribution in [0.25, 0.3) is 10.9 Å². The number of H-pyrrole nitrogens is 1. The molecule has 1 amide bonds. The molecule has 1 atom stereocenters.